The summed E-state index contributed by atoms with van der Waals surface area (Å²) in [5.74, 6) is 1.63. The first-order valence-electron chi connectivity index (χ1n) is 6.81. The van der Waals surface area contributed by atoms with Gasteiger partial charge in [0.1, 0.15) is 0 Å². The summed E-state index contributed by atoms with van der Waals surface area (Å²) < 4.78 is 0. The Hall–Kier alpha value is -0.0400. The quantitative estimate of drug-likeness (QED) is 0.535. The molecule has 0 aliphatic carbocycles. The normalized spacial score (nSPS) is 15.2. The maximum Gasteiger partial charge on any atom is 0.0433 e. The Labute approximate surface area is 96.3 Å². The molecule has 0 rings (SSSR count). The van der Waals surface area contributed by atoms with Gasteiger partial charge in [-0.25, -0.2) is 0 Å². The van der Waals surface area contributed by atoms with E-state index in [1.54, 1.807) is 0 Å². The van der Waals surface area contributed by atoms with Crippen LogP contribution in [0.4, 0.5) is 0 Å². The predicted octanol–water partition coefficient (Wildman–Crippen LogP) is 4.39. The van der Waals surface area contributed by atoms with Crippen molar-refractivity contribution in [2.45, 2.75) is 72.1 Å². The largest absolute Gasteiger partial charge is 0.396 e. The molecule has 0 aromatic heterocycles. The zero-order valence-corrected chi connectivity index (χ0v) is 11.0. The summed E-state index contributed by atoms with van der Waals surface area (Å²) in [6.07, 6.45) is 10.5. The minimum absolute atomic E-state index is 0.356. The lowest BCUT2D eigenvalue weighted by atomic mass is 9.97. The van der Waals surface area contributed by atoms with E-state index in [4.69, 9.17) is 5.11 Å². The standard InChI is InChI=1S/C14H30O/c1-4-13(2)9-7-5-6-8-10-14(3)11-12-15/h13-15H,4-12H2,1-3H3. The molecule has 0 heterocycles. The topological polar surface area (TPSA) is 20.2 Å². The third kappa shape index (κ3) is 10.2. The number of aliphatic hydroxyl groups is 1. The highest BCUT2D eigenvalue weighted by atomic mass is 16.3. The van der Waals surface area contributed by atoms with Crippen molar-refractivity contribution in [3.8, 4) is 0 Å². The summed E-state index contributed by atoms with van der Waals surface area (Å²) in [5.41, 5.74) is 0. The number of hydrogen-bond acceptors (Lipinski definition) is 1. The van der Waals surface area contributed by atoms with Gasteiger partial charge in [-0.2, -0.15) is 0 Å². The zero-order chi connectivity index (χ0) is 11.5. The van der Waals surface area contributed by atoms with Crippen molar-refractivity contribution in [2.75, 3.05) is 6.61 Å². The highest BCUT2D eigenvalue weighted by Crippen LogP contribution is 2.16. The van der Waals surface area contributed by atoms with Gasteiger partial charge in [0.15, 0.2) is 0 Å². The van der Waals surface area contributed by atoms with Crippen LogP contribution in [0.5, 0.6) is 0 Å². The molecule has 0 spiro atoms. The van der Waals surface area contributed by atoms with Crippen molar-refractivity contribution in [1.29, 1.82) is 0 Å². The van der Waals surface area contributed by atoms with E-state index >= 15 is 0 Å². The molecule has 92 valence electrons. The van der Waals surface area contributed by atoms with Gasteiger partial charge in [0.2, 0.25) is 0 Å². The zero-order valence-electron chi connectivity index (χ0n) is 11.0. The fourth-order valence-electron chi connectivity index (χ4n) is 1.91. The van der Waals surface area contributed by atoms with Crippen molar-refractivity contribution < 1.29 is 5.11 Å². The first-order chi connectivity index (χ1) is 7.20. The summed E-state index contributed by atoms with van der Waals surface area (Å²) in [6, 6.07) is 0. The summed E-state index contributed by atoms with van der Waals surface area (Å²) in [6.45, 7) is 7.23. The molecule has 0 aromatic rings. The Bertz CT molecular complexity index is 123. The fourth-order valence-corrected chi connectivity index (χ4v) is 1.91. The van der Waals surface area contributed by atoms with Crippen LogP contribution in [0.2, 0.25) is 0 Å². The van der Waals surface area contributed by atoms with Crippen LogP contribution in [-0.4, -0.2) is 11.7 Å². The molecule has 0 aliphatic rings. The van der Waals surface area contributed by atoms with E-state index < -0.39 is 0 Å². The van der Waals surface area contributed by atoms with Gasteiger partial charge in [-0.3, -0.25) is 0 Å². The third-order valence-electron chi connectivity index (χ3n) is 3.46. The number of hydrogen-bond donors (Lipinski definition) is 1. The molecule has 1 N–H and O–H groups in total. The Morgan fingerprint density at radius 2 is 1.33 bits per heavy atom. The molecule has 0 fully saturated rings. The molecule has 0 aliphatic heterocycles. The minimum atomic E-state index is 0.356. The van der Waals surface area contributed by atoms with Crippen LogP contribution < -0.4 is 0 Å². The summed E-state index contributed by atoms with van der Waals surface area (Å²) in [5, 5.41) is 8.77. The molecule has 0 aromatic carbocycles. The molecule has 0 radical (unpaired) electrons. The van der Waals surface area contributed by atoms with Crippen LogP contribution in [0.3, 0.4) is 0 Å². The second kappa shape index (κ2) is 10.5. The second-order valence-electron chi connectivity index (χ2n) is 5.12. The lowest BCUT2D eigenvalue weighted by molar-refractivity contribution is 0.256. The molecule has 0 amide bonds. The van der Waals surface area contributed by atoms with Gasteiger partial charge in [-0.1, -0.05) is 65.7 Å². The van der Waals surface area contributed by atoms with Crippen LogP contribution in [0, 0.1) is 11.8 Å². The highest BCUT2D eigenvalue weighted by molar-refractivity contribution is 4.55. The molecule has 0 saturated carbocycles. The molecule has 1 heteroatoms. The van der Waals surface area contributed by atoms with Gasteiger partial charge in [-0.05, 0) is 18.3 Å². The van der Waals surface area contributed by atoms with Crippen molar-refractivity contribution in [3.05, 3.63) is 0 Å². The van der Waals surface area contributed by atoms with Crippen molar-refractivity contribution in [1.82, 2.24) is 0 Å². The van der Waals surface area contributed by atoms with E-state index in [-0.39, 0.29) is 0 Å². The number of unbranched alkanes of at least 4 members (excludes halogenated alkanes) is 3. The van der Waals surface area contributed by atoms with Gasteiger partial charge in [0.25, 0.3) is 0 Å². The predicted molar refractivity (Wildman–Crippen MR) is 68.0 cm³/mol. The Balaban J connectivity index is 3.11. The van der Waals surface area contributed by atoms with Gasteiger partial charge in [0, 0.05) is 6.61 Å². The van der Waals surface area contributed by atoms with Crippen LogP contribution in [0.15, 0.2) is 0 Å². The Morgan fingerprint density at radius 1 is 0.800 bits per heavy atom. The average molecular weight is 214 g/mol. The molecule has 2 atom stereocenters. The van der Waals surface area contributed by atoms with E-state index in [2.05, 4.69) is 20.8 Å². The van der Waals surface area contributed by atoms with Crippen molar-refractivity contribution in [2.24, 2.45) is 11.8 Å². The van der Waals surface area contributed by atoms with Crippen LogP contribution in [0.1, 0.15) is 72.1 Å². The number of rotatable bonds is 10. The summed E-state index contributed by atoms with van der Waals surface area (Å²) >= 11 is 0. The molecule has 1 nitrogen and oxygen atoms in total. The van der Waals surface area contributed by atoms with E-state index in [9.17, 15) is 0 Å². The SMILES string of the molecule is CCC(C)CCCCCCC(C)CCO. The molecule has 0 saturated heterocycles. The molecule has 15 heavy (non-hydrogen) atoms. The van der Waals surface area contributed by atoms with Gasteiger partial charge in [-0.15, -0.1) is 0 Å². The minimum Gasteiger partial charge on any atom is -0.396 e. The molecular weight excluding hydrogens is 184 g/mol. The lowest BCUT2D eigenvalue weighted by Crippen LogP contribution is -1.98. The Kier molecular flexibility index (Phi) is 10.4. The van der Waals surface area contributed by atoms with Gasteiger partial charge in [0.05, 0.1) is 0 Å². The van der Waals surface area contributed by atoms with Crippen LogP contribution >= 0.6 is 0 Å². The highest BCUT2D eigenvalue weighted by Gasteiger charge is 2.01. The summed E-state index contributed by atoms with van der Waals surface area (Å²) in [4.78, 5) is 0. The average Bonchev–Trinajstić information content (AvgIpc) is 2.23. The fraction of sp³-hybridized carbons (Fsp3) is 1.00. The van der Waals surface area contributed by atoms with Gasteiger partial charge < -0.3 is 5.11 Å². The van der Waals surface area contributed by atoms with Crippen LogP contribution in [-0.2, 0) is 0 Å². The maximum atomic E-state index is 8.77. The van der Waals surface area contributed by atoms with E-state index in [1.165, 1.54) is 44.9 Å². The van der Waals surface area contributed by atoms with Crippen LogP contribution in [0.25, 0.3) is 0 Å². The smallest absolute Gasteiger partial charge is 0.0433 e. The number of aliphatic hydroxyl groups excluding tert-OH is 1. The maximum absolute atomic E-state index is 8.77. The molecule has 2 unspecified atom stereocenters. The first-order valence-corrected chi connectivity index (χ1v) is 6.81. The molecular formula is C14H30O. The van der Waals surface area contributed by atoms with Crippen molar-refractivity contribution in [3.63, 3.8) is 0 Å². The Morgan fingerprint density at radius 3 is 1.80 bits per heavy atom. The monoisotopic (exact) mass is 214 g/mol. The van der Waals surface area contributed by atoms with E-state index in [0.717, 1.165) is 12.3 Å². The van der Waals surface area contributed by atoms with E-state index in [0.29, 0.717) is 12.5 Å². The first kappa shape index (κ1) is 15.0. The van der Waals surface area contributed by atoms with E-state index in [1.807, 2.05) is 0 Å². The lowest BCUT2D eigenvalue weighted by Gasteiger charge is -2.10. The second-order valence-corrected chi connectivity index (χ2v) is 5.12. The summed E-state index contributed by atoms with van der Waals surface area (Å²) in [7, 11) is 0. The molecule has 0 bridgehead atoms. The van der Waals surface area contributed by atoms with Gasteiger partial charge >= 0.3 is 0 Å². The van der Waals surface area contributed by atoms with Crippen molar-refractivity contribution >= 4 is 0 Å². The third-order valence-corrected chi connectivity index (χ3v) is 3.46.